The molecule has 0 radical (unpaired) electrons. The lowest BCUT2D eigenvalue weighted by Gasteiger charge is -2.00. The summed E-state index contributed by atoms with van der Waals surface area (Å²) in [7, 11) is 1.46. The van der Waals surface area contributed by atoms with Crippen molar-refractivity contribution in [1.82, 2.24) is 0 Å². The molecule has 2 N–H and O–H groups in total. The molecule has 1 aromatic carbocycles. The zero-order valence-corrected chi connectivity index (χ0v) is 9.41. The Hall–Kier alpha value is -2.63. The highest BCUT2D eigenvalue weighted by Gasteiger charge is 2.18. The van der Waals surface area contributed by atoms with Crippen LogP contribution >= 0.6 is 0 Å². The van der Waals surface area contributed by atoms with E-state index in [0.29, 0.717) is 11.8 Å². The van der Waals surface area contributed by atoms with Gasteiger partial charge in [-0.05, 0) is 24.3 Å². The molecule has 1 aromatic rings. The molecule has 6 heteroatoms. The SMILES string of the molecule is COc1ccc(C(=O)C=C(C(=O)O)C(=O)O)cc1. The first-order chi connectivity index (χ1) is 8.45. The van der Waals surface area contributed by atoms with Crippen LogP contribution in [0.25, 0.3) is 0 Å². The monoisotopic (exact) mass is 250 g/mol. The van der Waals surface area contributed by atoms with E-state index in [0.717, 1.165) is 0 Å². The highest BCUT2D eigenvalue weighted by atomic mass is 16.5. The van der Waals surface area contributed by atoms with E-state index in [1.165, 1.54) is 31.4 Å². The summed E-state index contributed by atoms with van der Waals surface area (Å²) in [5, 5.41) is 17.2. The first-order valence-corrected chi connectivity index (χ1v) is 4.82. The quantitative estimate of drug-likeness (QED) is 0.349. The van der Waals surface area contributed by atoms with Crippen molar-refractivity contribution in [2.24, 2.45) is 0 Å². The van der Waals surface area contributed by atoms with Gasteiger partial charge in [0, 0.05) is 11.6 Å². The van der Waals surface area contributed by atoms with Crippen molar-refractivity contribution in [3.05, 3.63) is 41.5 Å². The number of aliphatic carboxylic acids is 2. The second-order valence-electron chi connectivity index (χ2n) is 3.26. The van der Waals surface area contributed by atoms with Gasteiger partial charge in [0.1, 0.15) is 11.3 Å². The van der Waals surface area contributed by atoms with E-state index >= 15 is 0 Å². The van der Waals surface area contributed by atoms with Crippen LogP contribution in [0.2, 0.25) is 0 Å². The summed E-state index contributed by atoms with van der Waals surface area (Å²) in [5.41, 5.74) is -0.799. The van der Waals surface area contributed by atoms with Crippen molar-refractivity contribution in [1.29, 1.82) is 0 Å². The average Bonchev–Trinajstić information content (AvgIpc) is 2.35. The van der Waals surface area contributed by atoms with Crippen molar-refractivity contribution in [2.45, 2.75) is 0 Å². The van der Waals surface area contributed by atoms with Crippen LogP contribution in [0.4, 0.5) is 0 Å². The van der Waals surface area contributed by atoms with Gasteiger partial charge in [0.25, 0.3) is 0 Å². The number of rotatable bonds is 5. The summed E-state index contributed by atoms with van der Waals surface area (Å²) >= 11 is 0. The zero-order chi connectivity index (χ0) is 13.7. The lowest BCUT2D eigenvalue weighted by Crippen LogP contribution is -2.13. The molecule has 1 rings (SSSR count). The van der Waals surface area contributed by atoms with Crippen molar-refractivity contribution in [3.8, 4) is 5.75 Å². The fourth-order valence-corrected chi connectivity index (χ4v) is 1.18. The van der Waals surface area contributed by atoms with Crippen LogP contribution in [-0.2, 0) is 9.59 Å². The van der Waals surface area contributed by atoms with E-state index in [9.17, 15) is 14.4 Å². The third-order valence-electron chi connectivity index (χ3n) is 2.11. The Kier molecular flexibility index (Phi) is 4.20. The van der Waals surface area contributed by atoms with Crippen molar-refractivity contribution in [2.75, 3.05) is 7.11 Å². The van der Waals surface area contributed by atoms with Gasteiger partial charge >= 0.3 is 11.9 Å². The number of hydrogen-bond donors (Lipinski definition) is 2. The lowest BCUT2D eigenvalue weighted by atomic mass is 10.1. The van der Waals surface area contributed by atoms with Crippen LogP contribution in [0, 0.1) is 0 Å². The Morgan fingerprint density at radius 2 is 1.56 bits per heavy atom. The standard InChI is InChI=1S/C12H10O6/c1-18-8-4-2-7(3-5-8)10(13)6-9(11(14)15)12(16)17/h2-6H,1H3,(H,14,15)(H,16,17). The summed E-state index contributed by atoms with van der Waals surface area (Å²) < 4.78 is 4.89. The Labute approximate surface area is 102 Å². The first kappa shape index (κ1) is 13.4. The zero-order valence-electron chi connectivity index (χ0n) is 9.41. The Morgan fingerprint density at radius 1 is 1.06 bits per heavy atom. The molecule has 0 amide bonds. The molecule has 0 bridgehead atoms. The number of allylic oxidation sites excluding steroid dienone is 1. The molecular weight excluding hydrogens is 240 g/mol. The van der Waals surface area contributed by atoms with Gasteiger partial charge in [-0.2, -0.15) is 0 Å². The molecule has 94 valence electrons. The molecule has 0 saturated carbocycles. The molecule has 18 heavy (non-hydrogen) atoms. The summed E-state index contributed by atoms with van der Waals surface area (Å²) in [6.45, 7) is 0. The Morgan fingerprint density at radius 3 is 1.94 bits per heavy atom. The first-order valence-electron chi connectivity index (χ1n) is 4.82. The fraction of sp³-hybridized carbons (Fsp3) is 0.0833. The molecule has 0 spiro atoms. The summed E-state index contributed by atoms with van der Waals surface area (Å²) in [6, 6.07) is 5.86. The molecule has 6 nitrogen and oxygen atoms in total. The van der Waals surface area contributed by atoms with E-state index in [-0.39, 0.29) is 5.56 Å². The van der Waals surface area contributed by atoms with Crippen LogP contribution in [0.5, 0.6) is 5.75 Å². The fourth-order valence-electron chi connectivity index (χ4n) is 1.18. The van der Waals surface area contributed by atoms with Crippen LogP contribution in [0.1, 0.15) is 10.4 Å². The van der Waals surface area contributed by atoms with Gasteiger partial charge in [0.15, 0.2) is 5.78 Å². The van der Waals surface area contributed by atoms with E-state index in [2.05, 4.69) is 0 Å². The molecule has 0 aromatic heterocycles. The summed E-state index contributed by atoms with van der Waals surface area (Å²) in [4.78, 5) is 32.8. The predicted molar refractivity (Wildman–Crippen MR) is 60.7 cm³/mol. The number of hydrogen-bond acceptors (Lipinski definition) is 4. The highest BCUT2D eigenvalue weighted by Crippen LogP contribution is 2.12. The van der Waals surface area contributed by atoms with Crippen molar-refractivity contribution in [3.63, 3.8) is 0 Å². The van der Waals surface area contributed by atoms with E-state index in [1.807, 2.05) is 0 Å². The van der Waals surface area contributed by atoms with Gasteiger partial charge in [-0.25, -0.2) is 9.59 Å². The molecule has 0 unspecified atom stereocenters. The van der Waals surface area contributed by atoms with Gasteiger partial charge in [-0.15, -0.1) is 0 Å². The molecule has 0 atom stereocenters. The molecule has 0 aliphatic heterocycles. The van der Waals surface area contributed by atoms with E-state index in [4.69, 9.17) is 14.9 Å². The highest BCUT2D eigenvalue weighted by molar-refractivity contribution is 6.19. The number of methoxy groups -OCH3 is 1. The molecule has 0 aliphatic rings. The largest absolute Gasteiger partial charge is 0.497 e. The molecule has 0 saturated heterocycles. The summed E-state index contributed by atoms with van der Waals surface area (Å²) in [6.07, 6.45) is 0.576. The lowest BCUT2D eigenvalue weighted by molar-refractivity contribution is -0.140. The molecule has 0 fully saturated rings. The van der Waals surface area contributed by atoms with E-state index < -0.39 is 23.3 Å². The molecule has 0 aliphatic carbocycles. The van der Waals surface area contributed by atoms with Crippen molar-refractivity contribution >= 4 is 17.7 Å². The number of carboxylic acids is 2. The van der Waals surface area contributed by atoms with Crippen LogP contribution in [0.15, 0.2) is 35.9 Å². The van der Waals surface area contributed by atoms with Crippen LogP contribution in [0.3, 0.4) is 0 Å². The Bertz CT molecular complexity index is 496. The topological polar surface area (TPSA) is 101 Å². The third kappa shape index (κ3) is 3.18. The van der Waals surface area contributed by atoms with Gasteiger partial charge < -0.3 is 14.9 Å². The second kappa shape index (κ2) is 5.62. The minimum absolute atomic E-state index is 0.177. The van der Waals surface area contributed by atoms with Gasteiger partial charge in [0.2, 0.25) is 0 Å². The maximum Gasteiger partial charge on any atom is 0.343 e. The van der Waals surface area contributed by atoms with Crippen molar-refractivity contribution < 1.29 is 29.3 Å². The number of carbonyl (C=O) groups is 3. The van der Waals surface area contributed by atoms with Gasteiger partial charge in [-0.3, -0.25) is 4.79 Å². The number of carboxylic acid groups (broad SMARTS) is 2. The number of benzene rings is 1. The minimum Gasteiger partial charge on any atom is -0.497 e. The van der Waals surface area contributed by atoms with Crippen LogP contribution in [-0.4, -0.2) is 35.0 Å². The Balaban J connectivity index is 3.02. The van der Waals surface area contributed by atoms with Gasteiger partial charge in [-0.1, -0.05) is 0 Å². The predicted octanol–water partition coefficient (Wildman–Crippen LogP) is 0.973. The van der Waals surface area contributed by atoms with E-state index in [1.54, 1.807) is 0 Å². The minimum atomic E-state index is -1.66. The number of ether oxygens (including phenoxy) is 1. The summed E-state index contributed by atoms with van der Waals surface area (Å²) in [5.74, 6) is -3.49. The second-order valence-corrected chi connectivity index (χ2v) is 3.26. The molecule has 0 heterocycles. The maximum absolute atomic E-state index is 11.6. The van der Waals surface area contributed by atoms with Crippen LogP contribution < -0.4 is 4.74 Å². The average molecular weight is 250 g/mol. The maximum atomic E-state index is 11.6. The number of carbonyl (C=O) groups excluding carboxylic acids is 1. The normalized spacial score (nSPS) is 9.39. The number of ketones is 1. The molecular formula is C12H10O6. The van der Waals surface area contributed by atoms with Gasteiger partial charge in [0.05, 0.1) is 7.11 Å². The third-order valence-corrected chi connectivity index (χ3v) is 2.11. The smallest absolute Gasteiger partial charge is 0.343 e.